The maximum Gasteiger partial charge on any atom is 0.347 e. The highest BCUT2D eigenvalue weighted by Gasteiger charge is 2.19. The van der Waals surface area contributed by atoms with E-state index in [-0.39, 0.29) is 11.3 Å². The second-order valence-electron chi connectivity index (χ2n) is 6.94. The molecule has 0 atom stereocenters. The van der Waals surface area contributed by atoms with E-state index in [1.807, 2.05) is 66.7 Å². The Kier molecular flexibility index (Phi) is 6.43. The minimum Gasteiger partial charge on any atom is -0.492 e. The Labute approximate surface area is 188 Å². The number of esters is 1. The lowest BCUT2D eigenvalue weighted by molar-refractivity contribution is 0.0731. The van der Waals surface area contributed by atoms with Crippen LogP contribution in [0.2, 0.25) is 0 Å². The van der Waals surface area contributed by atoms with Gasteiger partial charge in [-0.15, -0.1) is 0 Å². The van der Waals surface area contributed by atoms with Gasteiger partial charge in [0.2, 0.25) is 0 Å². The van der Waals surface area contributed by atoms with Gasteiger partial charge in [0.05, 0.1) is 12.2 Å². The van der Waals surface area contributed by atoms with Crippen molar-refractivity contribution in [3.05, 3.63) is 106 Å². The zero-order chi connectivity index (χ0) is 21.6. The lowest BCUT2D eigenvalue weighted by Gasteiger charge is -2.14. The third-order valence-electron chi connectivity index (χ3n) is 4.88. The molecule has 0 unspecified atom stereocenters. The Balaban J connectivity index is 1.60. The van der Waals surface area contributed by atoms with Crippen molar-refractivity contribution in [2.45, 2.75) is 6.42 Å². The monoisotopic (exact) mass is 474 g/mol. The van der Waals surface area contributed by atoms with Gasteiger partial charge < -0.3 is 9.47 Å². The maximum absolute atomic E-state index is 13.1. The fourth-order valence-electron chi connectivity index (χ4n) is 3.33. The number of fused-ring (bicyclic) bond motifs is 1. The van der Waals surface area contributed by atoms with Gasteiger partial charge in [0.1, 0.15) is 17.1 Å². The minimum atomic E-state index is -0.588. The van der Waals surface area contributed by atoms with Crippen molar-refractivity contribution in [2.75, 3.05) is 6.61 Å². The SMILES string of the molecule is O=Cc1ccc2ccccc2c1OC(=O)c1cc(Br)ccc1OCCc1ccccc1. The van der Waals surface area contributed by atoms with Crippen molar-refractivity contribution in [3.8, 4) is 11.5 Å². The molecule has 0 radical (unpaired) electrons. The van der Waals surface area contributed by atoms with Crippen LogP contribution >= 0.6 is 15.9 Å². The lowest BCUT2D eigenvalue weighted by atomic mass is 10.1. The molecule has 0 amide bonds. The summed E-state index contributed by atoms with van der Waals surface area (Å²) in [5.41, 5.74) is 1.75. The molecule has 0 aliphatic heterocycles. The summed E-state index contributed by atoms with van der Waals surface area (Å²) in [6, 6.07) is 26.1. The molecule has 4 rings (SSSR count). The summed E-state index contributed by atoms with van der Waals surface area (Å²) in [5, 5.41) is 1.58. The summed E-state index contributed by atoms with van der Waals surface area (Å²) < 4.78 is 12.4. The average molecular weight is 475 g/mol. The Hall–Kier alpha value is -3.44. The Morgan fingerprint density at radius 3 is 2.48 bits per heavy atom. The highest BCUT2D eigenvalue weighted by molar-refractivity contribution is 9.10. The Bertz CT molecular complexity index is 1230. The van der Waals surface area contributed by atoms with Crippen LogP contribution in [0.25, 0.3) is 10.8 Å². The van der Waals surface area contributed by atoms with Crippen LogP contribution in [0.3, 0.4) is 0 Å². The van der Waals surface area contributed by atoms with E-state index in [2.05, 4.69) is 15.9 Å². The number of halogens is 1. The first-order chi connectivity index (χ1) is 15.2. The Morgan fingerprint density at radius 1 is 0.903 bits per heavy atom. The second kappa shape index (κ2) is 9.58. The molecule has 0 aliphatic carbocycles. The summed E-state index contributed by atoms with van der Waals surface area (Å²) in [6.45, 7) is 0.416. The highest BCUT2D eigenvalue weighted by atomic mass is 79.9. The molecule has 0 saturated carbocycles. The molecule has 0 bridgehead atoms. The molecule has 4 aromatic carbocycles. The molecule has 5 heteroatoms. The number of carbonyl (C=O) groups excluding carboxylic acids is 2. The number of hydrogen-bond donors (Lipinski definition) is 0. The molecule has 4 aromatic rings. The lowest BCUT2D eigenvalue weighted by Crippen LogP contribution is -2.13. The maximum atomic E-state index is 13.1. The molecule has 0 fully saturated rings. The van der Waals surface area contributed by atoms with Gasteiger partial charge >= 0.3 is 5.97 Å². The van der Waals surface area contributed by atoms with Crippen LogP contribution in [0.4, 0.5) is 0 Å². The van der Waals surface area contributed by atoms with E-state index in [4.69, 9.17) is 9.47 Å². The van der Waals surface area contributed by atoms with Gasteiger partial charge in [-0.2, -0.15) is 0 Å². The second-order valence-corrected chi connectivity index (χ2v) is 7.85. The van der Waals surface area contributed by atoms with Gasteiger partial charge in [-0.1, -0.05) is 76.6 Å². The molecule has 0 saturated heterocycles. The van der Waals surface area contributed by atoms with Gasteiger partial charge in [0.25, 0.3) is 0 Å². The third-order valence-corrected chi connectivity index (χ3v) is 5.38. The fourth-order valence-corrected chi connectivity index (χ4v) is 3.69. The average Bonchev–Trinajstić information content (AvgIpc) is 2.81. The first kappa shape index (κ1) is 20.8. The van der Waals surface area contributed by atoms with E-state index >= 15 is 0 Å². The van der Waals surface area contributed by atoms with Gasteiger partial charge in [-0.3, -0.25) is 4.79 Å². The number of aldehydes is 1. The summed E-state index contributed by atoms with van der Waals surface area (Å²) in [4.78, 5) is 24.7. The first-order valence-electron chi connectivity index (χ1n) is 9.81. The molecular weight excluding hydrogens is 456 g/mol. The Morgan fingerprint density at radius 2 is 1.68 bits per heavy atom. The molecule has 0 heterocycles. The highest BCUT2D eigenvalue weighted by Crippen LogP contribution is 2.31. The largest absolute Gasteiger partial charge is 0.492 e. The molecular formula is C26H19BrO4. The van der Waals surface area contributed by atoms with Crippen molar-refractivity contribution in [1.82, 2.24) is 0 Å². The van der Waals surface area contributed by atoms with E-state index in [0.29, 0.717) is 36.0 Å². The molecule has 0 spiro atoms. The zero-order valence-corrected chi connectivity index (χ0v) is 18.2. The fraction of sp³-hybridized carbons (Fsp3) is 0.0769. The van der Waals surface area contributed by atoms with Gasteiger partial charge in [-0.05, 0) is 35.2 Å². The molecule has 31 heavy (non-hydrogen) atoms. The van der Waals surface area contributed by atoms with Crippen molar-refractivity contribution < 1.29 is 19.1 Å². The van der Waals surface area contributed by atoms with Crippen LogP contribution in [-0.2, 0) is 6.42 Å². The van der Waals surface area contributed by atoms with E-state index < -0.39 is 5.97 Å². The predicted molar refractivity (Wildman–Crippen MR) is 124 cm³/mol. The third kappa shape index (κ3) is 4.84. The van der Waals surface area contributed by atoms with Gasteiger partial charge in [0.15, 0.2) is 6.29 Å². The van der Waals surface area contributed by atoms with E-state index in [9.17, 15) is 9.59 Å². The van der Waals surface area contributed by atoms with Gasteiger partial charge in [-0.25, -0.2) is 4.79 Å². The summed E-state index contributed by atoms with van der Waals surface area (Å²) in [5.74, 6) is 0.0841. The quantitative estimate of drug-likeness (QED) is 0.180. The standard InChI is InChI=1S/C26H19BrO4/c27-21-12-13-24(30-15-14-18-6-2-1-3-7-18)23(16-21)26(29)31-25-20(17-28)11-10-19-8-4-5-9-22(19)25/h1-13,16-17H,14-15H2. The summed E-state index contributed by atoms with van der Waals surface area (Å²) in [6.07, 6.45) is 1.40. The van der Waals surface area contributed by atoms with Crippen LogP contribution in [0.5, 0.6) is 11.5 Å². The topological polar surface area (TPSA) is 52.6 Å². The van der Waals surface area contributed by atoms with Gasteiger partial charge in [0, 0.05) is 16.3 Å². The van der Waals surface area contributed by atoms with Crippen LogP contribution in [0.15, 0.2) is 89.4 Å². The number of ether oxygens (including phenoxy) is 2. The molecule has 0 N–H and O–H groups in total. The number of hydrogen-bond acceptors (Lipinski definition) is 4. The van der Waals surface area contributed by atoms with Crippen molar-refractivity contribution in [2.24, 2.45) is 0 Å². The zero-order valence-electron chi connectivity index (χ0n) is 16.6. The molecule has 154 valence electrons. The normalized spacial score (nSPS) is 10.6. The van der Waals surface area contributed by atoms with E-state index in [0.717, 1.165) is 15.4 Å². The smallest absolute Gasteiger partial charge is 0.347 e. The van der Waals surface area contributed by atoms with Crippen LogP contribution in [0.1, 0.15) is 26.3 Å². The summed E-state index contributed by atoms with van der Waals surface area (Å²) >= 11 is 3.40. The van der Waals surface area contributed by atoms with Crippen LogP contribution < -0.4 is 9.47 Å². The van der Waals surface area contributed by atoms with E-state index in [1.54, 1.807) is 18.2 Å². The minimum absolute atomic E-state index is 0.244. The van der Waals surface area contributed by atoms with E-state index in [1.165, 1.54) is 0 Å². The van der Waals surface area contributed by atoms with Crippen molar-refractivity contribution in [3.63, 3.8) is 0 Å². The van der Waals surface area contributed by atoms with Crippen molar-refractivity contribution >= 4 is 39.0 Å². The molecule has 0 aliphatic rings. The first-order valence-corrected chi connectivity index (χ1v) is 10.6. The number of benzene rings is 4. The predicted octanol–water partition coefficient (Wildman–Crippen LogP) is 6.26. The van der Waals surface area contributed by atoms with Crippen LogP contribution in [-0.4, -0.2) is 18.9 Å². The molecule has 0 aromatic heterocycles. The molecule has 4 nitrogen and oxygen atoms in total. The summed E-state index contributed by atoms with van der Waals surface area (Å²) in [7, 11) is 0. The number of carbonyl (C=O) groups is 2. The van der Waals surface area contributed by atoms with Crippen LogP contribution in [0, 0.1) is 0 Å². The van der Waals surface area contributed by atoms with Crippen molar-refractivity contribution in [1.29, 1.82) is 0 Å². The number of rotatable bonds is 7.